The van der Waals surface area contributed by atoms with Crippen molar-refractivity contribution in [1.29, 1.82) is 0 Å². The zero-order valence-corrected chi connectivity index (χ0v) is 10.5. The maximum Gasteiger partial charge on any atom is 0.419 e. The molecule has 0 bridgehead atoms. The number of H-pyrrole nitrogens is 1. The van der Waals surface area contributed by atoms with Crippen LogP contribution in [0.15, 0.2) is 36.4 Å². The number of fused-ring (bicyclic) bond motifs is 1. The van der Waals surface area contributed by atoms with E-state index in [4.69, 9.17) is 5.73 Å². The molecule has 1 aromatic heterocycles. The Labute approximate surface area is 116 Å². The first-order valence-electron chi connectivity index (χ1n) is 5.97. The van der Waals surface area contributed by atoms with E-state index >= 15 is 0 Å². The number of hydrogen-bond donors (Lipinski definition) is 2. The van der Waals surface area contributed by atoms with Crippen LogP contribution in [0.5, 0.6) is 0 Å². The van der Waals surface area contributed by atoms with Gasteiger partial charge in [-0.1, -0.05) is 6.07 Å². The molecule has 0 aliphatic rings. The van der Waals surface area contributed by atoms with Gasteiger partial charge in [-0.2, -0.15) is 13.2 Å². The number of imidazole rings is 1. The van der Waals surface area contributed by atoms with E-state index in [1.807, 2.05) is 0 Å². The summed E-state index contributed by atoms with van der Waals surface area (Å²) >= 11 is 0. The highest BCUT2D eigenvalue weighted by Crippen LogP contribution is 2.34. The summed E-state index contributed by atoms with van der Waals surface area (Å²) in [6.07, 6.45) is -4.76. The highest BCUT2D eigenvalue weighted by Gasteiger charge is 2.34. The van der Waals surface area contributed by atoms with E-state index in [0.29, 0.717) is 16.7 Å². The van der Waals surface area contributed by atoms with Gasteiger partial charge in [0.1, 0.15) is 17.2 Å². The molecular weight excluding hydrogens is 286 g/mol. The lowest BCUT2D eigenvalue weighted by molar-refractivity contribution is -0.139. The predicted molar refractivity (Wildman–Crippen MR) is 70.9 cm³/mol. The number of anilines is 1. The lowest BCUT2D eigenvalue weighted by atomic mass is 10.1. The Morgan fingerprint density at radius 1 is 1.10 bits per heavy atom. The van der Waals surface area contributed by atoms with Crippen molar-refractivity contribution in [3.05, 3.63) is 47.8 Å². The third kappa shape index (κ3) is 2.31. The number of para-hydroxylation sites is 1. The highest BCUT2D eigenvalue weighted by atomic mass is 19.4. The fourth-order valence-electron chi connectivity index (χ4n) is 2.08. The van der Waals surface area contributed by atoms with E-state index in [-0.39, 0.29) is 11.4 Å². The minimum absolute atomic E-state index is 0.138. The summed E-state index contributed by atoms with van der Waals surface area (Å²) in [7, 11) is 0. The smallest absolute Gasteiger partial charge is 0.397 e. The second-order valence-electron chi connectivity index (χ2n) is 4.52. The van der Waals surface area contributed by atoms with Crippen LogP contribution in [0.2, 0.25) is 0 Å². The average molecular weight is 295 g/mol. The van der Waals surface area contributed by atoms with Gasteiger partial charge < -0.3 is 10.7 Å². The Balaban J connectivity index is 2.17. The van der Waals surface area contributed by atoms with E-state index in [2.05, 4.69) is 9.97 Å². The molecule has 2 aromatic carbocycles. The first-order valence-corrected chi connectivity index (χ1v) is 5.97. The van der Waals surface area contributed by atoms with Gasteiger partial charge in [0.2, 0.25) is 0 Å². The second-order valence-corrected chi connectivity index (χ2v) is 4.52. The van der Waals surface area contributed by atoms with Crippen molar-refractivity contribution in [2.45, 2.75) is 6.18 Å². The van der Waals surface area contributed by atoms with Crippen molar-refractivity contribution in [1.82, 2.24) is 9.97 Å². The number of nitrogens with zero attached hydrogens (tertiary/aromatic N) is 1. The number of nitrogens with two attached hydrogens (primary N) is 1. The van der Waals surface area contributed by atoms with Gasteiger partial charge in [0.25, 0.3) is 0 Å². The summed E-state index contributed by atoms with van der Waals surface area (Å²) in [6.45, 7) is 0. The lowest BCUT2D eigenvalue weighted by Crippen LogP contribution is -2.08. The summed E-state index contributed by atoms with van der Waals surface area (Å²) in [5.74, 6) is -1.12. The second kappa shape index (κ2) is 4.47. The standard InChI is InChI=1S/C14H9F4N3/c15-9-5-4-7(6-8(9)14(16,17)18)13-20-11-3-1-2-10(19)12(11)21-13/h1-6H,19H2,(H,20,21). The number of rotatable bonds is 1. The number of nitrogens with one attached hydrogen (secondary N) is 1. The van der Waals surface area contributed by atoms with Crippen LogP contribution >= 0.6 is 0 Å². The molecule has 0 aliphatic carbocycles. The lowest BCUT2D eigenvalue weighted by Gasteiger charge is -2.08. The molecule has 0 spiro atoms. The minimum Gasteiger partial charge on any atom is -0.397 e. The molecule has 21 heavy (non-hydrogen) atoms. The molecular formula is C14H9F4N3. The fourth-order valence-corrected chi connectivity index (χ4v) is 2.08. The molecule has 0 amide bonds. The molecule has 3 aromatic rings. The number of nitrogen functional groups attached to an aromatic ring is 1. The number of aromatic amines is 1. The molecule has 0 unspecified atom stereocenters. The van der Waals surface area contributed by atoms with Crippen LogP contribution in [-0.4, -0.2) is 9.97 Å². The molecule has 1 heterocycles. The summed E-state index contributed by atoms with van der Waals surface area (Å²) in [5, 5.41) is 0. The number of hydrogen-bond acceptors (Lipinski definition) is 2. The van der Waals surface area contributed by atoms with Gasteiger partial charge >= 0.3 is 6.18 Å². The van der Waals surface area contributed by atoms with Crippen molar-refractivity contribution in [2.75, 3.05) is 5.73 Å². The molecule has 0 atom stereocenters. The van der Waals surface area contributed by atoms with Crippen molar-refractivity contribution in [3.8, 4) is 11.4 Å². The monoisotopic (exact) mass is 295 g/mol. The normalized spacial score (nSPS) is 12.0. The molecule has 3 nitrogen and oxygen atoms in total. The van der Waals surface area contributed by atoms with Crippen LogP contribution in [0.25, 0.3) is 22.4 Å². The van der Waals surface area contributed by atoms with E-state index in [1.165, 1.54) is 6.07 Å². The Morgan fingerprint density at radius 2 is 1.86 bits per heavy atom. The molecule has 7 heteroatoms. The van der Waals surface area contributed by atoms with Crippen LogP contribution in [0.4, 0.5) is 23.2 Å². The topological polar surface area (TPSA) is 54.7 Å². The van der Waals surface area contributed by atoms with Gasteiger partial charge in [-0.05, 0) is 30.3 Å². The van der Waals surface area contributed by atoms with Crippen LogP contribution < -0.4 is 5.73 Å². The van der Waals surface area contributed by atoms with Crippen LogP contribution in [0.1, 0.15) is 5.56 Å². The number of benzene rings is 2. The SMILES string of the molecule is Nc1cccc2[nH]c(-c3ccc(F)c(C(F)(F)F)c3)nc12. The molecule has 0 saturated carbocycles. The largest absolute Gasteiger partial charge is 0.419 e. The van der Waals surface area contributed by atoms with Crippen LogP contribution in [0.3, 0.4) is 0 Å². The van der Waals surface area contributed by atoms with Crippen molar-refractivity contribution >= 4 is 16.7 Å². The summed E-state index contributed by atoms with van der Waals surface area (Å²) in [5.41, 5.74) is 6.03. The van der Waals surface area contributed by atoms with Crippen molar-refractivity contribution in [3.63, 3.8) is 0 Å². The van der Waals surface area contributed by atoms with Crippen molar-refractivity contribution in [2.24, 2.45) is 0 Å². The Bertz CT molecular complexity index is 821. The highest BCUT2D eigenvalue weighted by molar-refractivity contribution is 5.89. The predicted octanol–water partition coefficient (Wildman–Crippen LogP) is 3.97. The molecule has 3 N–H and O–H groups in total. The molecule has 0 fully saturated rings. The maximum absolute atomic E-state index is 13.3. The van der Waals surface area contributed by atoms with Crippen LogP contribution in [-0.2, 0) is 6.18 Å². The minimum atomic E-state index is -4.76. The first-order chi connectivity index (χ1) is 9.86. The van der Waals surface area contributed by atoms with Gasteiger partial charge in [-0.3, -0.25) is 0 Å². The number of aromatic nitrogens is 2. The van der Waals surface area contributed by atoms with Crippen molar-refractivity contribution < 1.29 is 17.6 Å². The van der Waals surface area contributed by atoms with Gasteiger partial charge in [-0.25, -0.2) is 9.37 Å². The van der Waals surface area contributed by atoms with E-state index < -0.39 is 17.6 Å². The number of halogens is 4. The quantitative estimate of drug-likeness (QED) is 0.527. The fraction of sp³-hybridized carbons (Fsp3) is 0.0714. The van der Waals surface area contributed by atoms with Gasteiger partial charge in [0.05, 0.1) is 16.8 Å². The third-order valence-corrected chi connectivity index (χ3v) is 3.09. The molecule has 0 saturated heterocycles. The van der Waals surface area contributed by atoms with Gasteiger partial charge in [-0.15, -0.1) is 0 Å². The van der Waals surface area contributed by atoms with E-state index in [1.54, 1.807) is 18.2 Å². The van der Waals surface area contributed by atoms with Gasteiger partial charge in [0, 0.05) is 5.56 Å². The molecule has 0 radical (unpaired) electrons. The zero-order valence-electron chi connectivity index (χ0n) is 10.5. The Kier molecular flexibility index (Phi) is 2.86. The Hall–Kier alpha value is -2.57. The number of alkyl halides is 3. The first kappa shape index (κ1) is 13.4. The summed E-state index contributed by atoms with van der Waals surface area (Å²) in [6, 6.07) is 7.77. The average Bonchev–Trinajstić information content (AvgIpc) is 2.83. The third-order valence-electron chi connectivity index (χ3n) is 3.09. The van der Waals surface area contributed by atoms with Crippen LogP contribution in [0, 0.1) is 5.82 Å². The Morgan fingerprint density at radius 3 is 2.52 bits per heavy atom. The molecule has 108 valence electrons. The van der Waals surface area contributed by atoms with Gasteiger partial charge in [0.15, 0.2) is 0 Å². The summed E-state index contributed by atoms with van der Waals surface area (Å²) < 4.78 is 51.4. The van der Waals surface area contributed by atoms with E-state index in [0.717, 1.165) is 12.1 Å². The maximum atomic E-state index is 13.3. The molecule has 0 aliphatic heterocycles. The zero-order chi connectivity index (χ0) is 15.2. The molecule has 3 rings (SSSR count). The van der Waals surface area contributed by atoms with E-state index in [9.17, 15) is 17.6 Å². The summed E-state index contributed by atoms with van der Waals surface area (Å²) in [4.78, 5) is 7.03.